The number of esters is 1. The van der Waals surface area contributed by atoms with Crippen LogP contribution in [-0.2, 0) is 16.1 Å². The third-order valence-electron chi connectivity index (χ3n) is 3.60. The Hall–Kier alpha value is -3.35. The molecule has 0 radical (unpaired) electrons. The van der Waals surface area contributed by atoms with Crippen molar-refractivity contribution in [3.05, 3.63) is 52.9 Å². The molecule has 0 spiro atoms. The first-order valence-corrected chi connectivity index (χ1v) is 6.84. The largest absolute Gasteiger partial charge is 0.457 e. The molecule has 0 atom stereocenters. The van der Waals surface area contributed by atoms with E-state index in [1.165, 1.54) is 6.08 Å². The summed E-state index contributed by atoms with van der Waals surface area (Å²) in [5, 5.41) is 4.50. The van der Waals surface area contributed by atoms with Crippen LogP contribution in [0.3, 0.4) is 0 Å². The van der Waals surface area contributed by atoms with E-state index >= 15 is 0 Å². The molecule has 1 aromatic heterocycles. The molecule has 7 nitrogen and oxygen atoms in total. The first kappa shape index (κ1) is 13.3. The highest BCUT2D eigenvalue weighted by atomic mass is 16.5. The smallest absolute Gasteiger partial charge is 0.338 e. The van der Waals surface area contributed by atoms with Crippen LogP contribution in [0.5, 0.6) is 0 Å². The Balaban J connectivity index is 1.64. The summed E-state index contributed by atoms with van der Waals surface area (Å²) in [7, 11) is 0. The van der Waals surface area contributed by atoms with E-state index in [0.717, 1.165) is 11.1 Å². The van der Waals surface area contributed by atoms with Crippen molar-refractivity contribution < 1.29 is 23.5 Å². The van der Waals surface area contributed by atoms with Gasteiger partial charge in [-0.25, -0.2) is 9.59 Å². The van der Waals surface area contributed by atoms with Gasteiger partial charge in [-0.1, -0.05) is 6.07 Å². The minimum absolute atomic E-state index is 0.129. The molecule has 2 aliphatic heterocycles. The number of urea groups is 1. The predicted molar refractivity (Wildman–Crippen MR) is 77.9 cm³/mol. The van der Waals surface area contributed by atoms with Gasteiger partial charge in [-0.2, -0.15) is 0 Å². The number of cyclic esters (lactones) is 1. The van der Waals surface area contributed by atoms with Crippen LogP contribution in [-0.4, -0.2) is 17.9 Å². The summed E-state index contributed by atoms with van der Waals surface area (Å²) in [4.78, 5) is 34.0. The third kappa shape index (κ3) is 2.28. The molecule has 0 saturated carbocycles. The molecule has 1 aromatic carbocycles. The van der Waals surface area contributed by atoms with Crippen LogP contribution in [0, 0.1) is 0 Å². The Morgan fingerprint density at radius 1 is 1.04 bits per heavy atom. The highest BCUT2D eigenvalue weighted by Crippen LogP contribution is 2.28. The molecule has 3 amide bonds. The first-order chi connectivity index (χ1) is 11.1. The number of nitrogens with one attached hydrogen (secondary N) is 2. The Morgan fingerprint density at radius 3 is 2.70 bits per heavy atom. The second-order valence-electron chi connectivity index (χ2n) is 5.12. The number of carbonyl (C=O) groups is 3. The molecule has 1 fully saturated rings. The van der Waals surface area contributed by atoms with Crippen molar-refractivity contribution in [1.29, 1.82) is 0 Å². The Labute approximate surface area is 129 Å². The molecule has 2 aromatic rings. The fraction of sp³-hybridized carbons (Fsp3) is 0.0625. The monoisotopic (exact) mass is 310 g/mol. The number of imide groups is 1. The summed E-state index contributed by atoms with van der Waals surface area (Å²) in [5.74, 6) is 0.199. The first-order valence-electron chi connectivity index (χ1n) is 6.84. The average molecular weight is 310 g/mol. The molecule has 114 valence electrons. The predicted octanol–water partition coefficient (Wildman–Crippen LogP) is 1.80. The van der Waals surface area contributed by atoms with Crippen molar-refractivity contribution in [2.45, 2.75) is 6.61 Å². The van der Waals surface area contributed by atoms with E-state index in [4.69, 9.17) is 9.15 Å². The normalized spacial score (nSPS) is 17.9. The number of carbonyl (C=O) groups excluding carboxylic acids is 3. The second kappa shape index (κ2) is 4.84. The molecular weight excluding hydrogens is 300 g/mol. The van der Waals surface area contributed by atoms with Crippen LogP contribution < -0.4 is 10.6 Å². The molecule has 0 aliphatic carbocycles. The fourth-order valence-electron chi connectivity index (χ4n) is 2.50. The van der Waals surface area contributed by atoms with Gasteiger partial charge in [0, 0.05) is 17.2 Å². The van der Waals surface area contributed by atoms with Crippen LogP contribution in [0.25, 0.3) is 17.4 Å². The van der Waals surface area contributed by atoms with Gasteiger partial charge in [-0.05, 0) is 24.3 Å². The summed E-state index contributed by atoms with van der Waals surface area (Å²) in [6.07, 6.45) is 1.45. The van der Waals surface area contributed by atoms with Crippen molar-refractivity contribution in [2.24, 2.45) is 0 Å². The van der Waals surface area contributed by atoms with Crippen molar-refractivity contribution in [3.63, 3.8) is 0 Å². The van der Waals surface area contributed by atoms with E-state index < -0.39 is 11.9 Å². The molecule has 4 rings (SSSR count). The van der Waals surface area contributed by atoms with Gasteiger partial charge in [0.15, 0.2) is 0 Å². The maximum absolute atomic E-state index is 11.5. The van der Waals surface area contributed by atoms with E-state index in [1.54, 1.807) is 24.3 Å². The van der Waals surface area contributed by atoms with Crippen molar-refractivity contribution in [1.82, 2.24) is 10.6 Å². The Kier molecular flexibility index (Phi) is 2.80. The fourth-order valence-corrected chi connectivity index (χ4v) is 2.50. The summed E-state index contributed by atoms with van der Waals surface area (Å²) in [6.45, 7) is 0.256. The van der Waals surface area contributed by atoms with Crippen molar-refractivity contribution in [3.8, 4) is 11.3 Å². The topological polar surface area (TPSA) is 97.6 Å². The van der Waals surface area contributed by atoms with Crippen LogP contribution in [0.4, 0.5) is 4.79 Å². The molecule has 2 N–H and O–H groups in total. The number of hydrogen-bond donors (Lipinski definition) is 2. The van der Waals surface area contributed by atoms with Crippen LogP contribution >= 0.6 is 0 Å². The number of rotatable bonds is 2. The zero-order valence-corrected chi connectivity index (χ0v) is 11.7. The summed E-state index contributed by atoms with van der Waals surface area (Å²) in [6, 6.07) is 8.18. The average Bonchev–Trinajstić information content (AvgIpc) is 3.21. The summed E-state index contributed by atoms with van der Waals surface area (Å²) < 4.78 is 10.6. The molecule has 0 unspecified atom stereocenters. The van der Waals surface area contributed by atoms with E-state index in [-0.39, 0.29) is 18.3 Å². The quantitative estimate of drug-likeness (QED) is 0.501. The van der Waals surface area contributed by atoms with Gasteiger partial charge in [0.05, 0.1) is 5.56 Å². The number of hydrogen-bond acceptors (Lipinski definition) is 5. The van der Waals surface area contributed by atoms with Crippen LogP contribution in [0.1, 0.15) is 21.7 Å². The molecular formula is C16H10N2O5. The van der Waals surface area contributed by atoms with Crippen molar-refractivity contribution >= 4 is 24.0 Å². The van der Waals surface area contributed by atoms with E-state index in [0.29, 0.717) is 17.1 Å². The number of amides is 3. The molecule has 3 heterocycles. The summed E-state index contributed by atoms with van der Waals surface area (Å²) in [5.41, 5.74) is 2.30. The molecule has 1 saturated heterocycles. The summed E-state index contributed by atoms with van der Waals surface area (Å²) >= 11 is 0. The molecule has 0 bridgehead atoms. The maximum atomic E-state index is 11.5. The van der Waals surface area contributed by atoms with Gasteiger partial charge in [0.2, 0.25) is 0 Å². The SMILES string of the molecule is O=C1NC(=O)/C(=C/c2ccc(-c3ccc4c(c3)COC4=O)o2)N1. The van der Waals surface area contributed by atoms with Gasteiger partial charge in [-0.15, -0.1) is 0 Å². The van der Waals surface area contributed by atoms with Gasteiger partial charge in [0.25, 0.3) is 5.91 Å². The Morgan fingerprint density at radius 2 is 1.91 bits per heavy atom. The van der Waals surface area contributed by atoms with E-state index in [1.807, 2.05) is 6.07 Å². The standard InChI is InChI=1S/C16H10N2O5/c19-14-12(17-16(21)18-14)6-10-2-4-13(23-10)8-1-3-11-9(5-8)7-22-15(11)20/h1-6H,7H2,(H2,17,18,19,21)/b12-6-. The molecule has 23 heavy (non-hydrogen) atoms. The van der Waals surface area contributed by atoms with Crippen LogP contribution in [0.15, 0.2) is 40.4 Å². The lowest BCUT2D eigenvalue weighted by Gasteiger charge is -1.99. The van der Waals surface area contributed by atoms with Crippen molar-refractivity contribution in [2.75, 3.05) is 0 Å². The van der Waals surface area contributed by atoms with Gasteiger partial charge < -0.3 is 14.5 Å². The third-order valence-corrected chi connectivity index (χ3v) is 3.60. The van der Waals surface area contributed by atoms with E-state index in [2.05, 4.69) is 10.6 Å². The van der Waals surface area contributed by atoms with Gasteiger partial charge in [-0.3, -0.25) is 10.1 Å². The van der Waals surface area contributed by atoms with E-state index in [9.17, 15) is 14.4 Å². The zero-order valence-electron chi connectivity index (χ0n) is 11.7. The van der Waals surface area contributed by atoms with Gasteiger partial charge >= 0.3 is 12.0 Å². The Bertz CT molecular complexity index is 894. The minimum atomic E-state index is -0.559. The minimum Gasteiger partial charge on any atom is -0.457 e. The highest BCUT2D eigenvalue weighted by molar-refractivity contribution is 6.13. The number of ether oxygens (including phenoxy) is 1. The maximum Gasteiger partial charge on any atom is 0.338 e. The zero-order chi connectivity index (χ0) is 16.0. The lowest BCUT2D eigenvalue weighted by Crippen LogP contribution is -2.22. The number of fused-ring (bicyclic) bond motifs is 1. The molecule has 7 heteroatoms. The number of furan rings is 1. The molecule has 2 aliphatic rings. The van der Waals surface area contributed by atoms with Crippen LogP contribution in [0.2, 0.25) is 0 Å². The van der Waals surface area contributed by atoms with Gasteiger partial charge in [0.1, 0.15) is 23.8 Å². The highest BCUT2D eigenvalue weighted by Gasteiger charge is 2.24. The lowest BCUT2D eigenvalue weighted by atomic mass is 10.0. The lowest BCUT2D eigenvalue weighted by molar-refractivity contribution is -0.115. The second-order valence-corrected chi connectivity index (χ2v) is 5.12. The number of benzene rings is 1.